The van der Waals surface area contributed by atoms with Crippen molar-refractivity contribution >= 4 is 18.0 Å². The highest BCUT2D eigenvalue weighted by Crippen LogP contribution is 2.49. The smallest absolute Gasteiger partial charge is 0.407 e. The number of ether oxygens (including phenoxy) is 1. The van der Waals surface area contributed by atoms with Gasteiger partial charge in [-0.3, -0.25) is 4.79 Å². The van der Waals surface area contributed by atoms with E-state index in [1.807, 2.05) is 24.3 Å². The standard InChI is InChI=1S/C28H32N2O5/c1-30(28(25(32)33)13-7-2-8-14-28)24(31)27(15-16-27)18-29-26(34)35-17-23-21-11-5-3-9-19(21)20-10-4-6-12-22(20)23/h3-6,9-12,23H,2,7-8,13-18H2,1H3,(H,29,34)(H,32,33). The van der Waals surface area contributed by atoms with Crippen LogP contribution in [0.5, 0.6) is 0 Å². The first-order chi connectivity index (χ1) is 16.9. The van der Waals surface area contributed by atoms with Crippen molar-refractivity contribution < 1.29 is 24.2 Å². The number of hydrogen-bond acceptors (Lipinski definition) is 4. The van der Waals surface area contributed by atoms with Crippen molar-refractivity contribution in [2.75, 3.05) is 20.2 Å². The maximum atomic E-state index is 13.4. The first kappa shape index (κ1) is 23.4. The molecule has 7 heteroatoms. The number of hydrogen-bond donors (Lipinski definition) is 2. The summed E-state index contributed by atoms with van der Waals surface area (Å²) in [6.07, 6.45) is 4.25. The minimum absolute atomic E-state index is 0.0301. The van der Waals surface area contributed by atoms with Crippen molar-refractivity contribution in [3.05, 3.63) is 59.7 Å². The van der Waals surface area contributed by atoms with Crippen molar-refractivity contribution in [2.45, 2.75) is 56.4 Å². The average molecular weight is 477 g/mol. The van der Waals surface area contributed by atoms with E-state index in [1.165, 1.54) is 4.90 Å². The zero-order chi connectivity index (χ0) is 24.6. The highest BCUT2D eigenvalue weighted by molar-refractivity contribution is 5.92. The maximum absolute atomic E-state index is 13.4. The molecule has 3 aliphatic carbocycles. The fourth-order valence-corrected chi connectivity index (χ4v) is 5.89. The molecule has 2 N–H and O–H groups in total. The number of nitrogens with zero attached hydrogens (tertiary/aromatic N) is 1. The fraction of sp³-hybridized carbons (Fsp3) is 0.464. The van der Waals surface area contributed by atoms with Crippen LogP contribution in [0.1, 0.15) is 62.0 Å². The summed E-state index contributed by atoms with van der Waals surface area (Å²) < 4.78 is 5.61. The molecule has 3 aliphatic rings. The summed E-state index contributed by atoms with van der Waals surface area (Å²) in [6, 6.07) is 16.3. The minimum Gasteiger partial charge on any atom is -0.479 e. The van der Waals surface area contributed by atoms with Gasteiger partial charge in [-0.25, -0.2) is 9.59 Å². The molecule has 0 atom stereocenters. The predicted octanol–water partition coefficient (Wildman–Crippen LogP) is 4.55. The number of fused-ring (bicyclic) bond motifs is 3. The number of benzene rings is 2. The number of carbonyl (C=O) groups excluding carboxylic acids is 2. The number of rotatable bonds is 7. The van der Waals surface area contributed by atoms with Crippen LogP contribution in [0.25, 0.3) is 11.1 Å². The van der Waals surface area contributed by atoms with Gasteiger partial charge in [-0.05, 0) is 47.9 Å². The number of aliphatic carboxylic acids is 1. The minimum atomic E-state index is -1.14. The summed E-state index contributed by atoms with van der Waals surface area (Å²) in [6.45, 7) is 0.366. The van der Waals surface area contributed by atoms with Gasteiger partial charge in [-0.1, -0.05) is 67.8 Å². The van der Waals surface area contributed by atoms with E-state index in [0.29, 0.717) is 25.7 Å². The van der Waals surface area contributed by atoms with Crippen LogP contribution in [0.4, 0.5) is 4.79 Å². The molecule has 0 heterocycles. The fourth-order valence-electron chi connectivity index (χ4n) is 5.89. The number of carboxylic acids is 1. The molecule has 2 saturated carbocycles. The van der Waals surface area contributed by atoms with Gasteiger partial charge < -0.3 is 20.1 Å². The molecule has 2 aromatic carbocycles. The molecule has 7 nitrogen and oxygen atoms in total. The summed E-state index contributed by atoms with van der Waals surface area (Å²) in [5.41, 5.74) is 2.73. The van der Waals surface area contributed by atoms with Crippen LogP contribution in [-0.2, 0) is 14.3 Å². The summed E-state index contributed by atoms with van der Waals surface area (Å²) >= 11 is 0. The summed E-state index contributed by atoms with van der Waals surface area (Å²) in [5.74, 6) is -1.16. The molecule has 184 valence electrons. The number of nitrogens with one attached hydrogen (secondary N) is 1. The Balaban J connectivity index is 1.20. The molecule has 2 fully saturated rings. The van der Waals surface area contributed by atoms with Crippen LogP contribution in [-0.4, -0.2) is 53.7 Å². The molecule has 35 heavy (non-hydrogen) atoms. The molecular formula is C28H32N2O5. The molecule has 0 bridgehead atoms. The van der Waals surface area contributed by atoms with Gasteiger partial charge in [-0.2, -0.15) is 0 Å². The Labute approximate surface area is 205 Å². The van der Waals surface area contributed by atoms with E-state index in [9.17, 15) is 19.5 Å². The molecular weight excluding hydrogens is 444 g/mol. The third-order valence-electron chi connectivity index (χ3n) is 8.25. The van der Waals surface area contributed by atoms with Crippen LogP contribution in [0.3, 0.4) is 0 Å². The number of alkyl carbamates (subject to hydrolysis) is 1. The summed E-state index contributed by atoms with van der Waals surface area (Å²) in [7, 11) is 1.61. The number of amides is 2. The Kier molecular flexibility index (Phi) is 6.03. The zero-order valence-electron chi connectivity index (χ0n) is 20.1. The van der Waals surface area contributed by atoms with Crippen molar-refractivity contribution in [2.24, 2.45) is 5.41 Å². The second-order valence-electron chi connectivity index (χ2n) is 10.2. The Bertz CT molecular complexity index is 1100. The molecule has 2 aromatic rings. The molecule has 5 rings (SSSR count). The van der Waals surface area contributed by atoms with E-state index in [-0.39, 0.29) is 25.0 Å². The first-order valence-corrected chi connectivity index (χ1v) is 12.5. The molecule has 0 aliphatic heterocycles. The van der Waals surface area contributed by atoms with E-state index in [4.69, 9.17) is 4.74 Å². The van der Waals surface area contributed by atoms with Gasteiger partial charge in [0.2, 0.25) is 5.91 Å². The lowest BCUT2D eigenvalue weighted by molar-refractivity contribution is -0.162. The summed E-state index contributed by atoms with van der Waals surface area (Å²) in [5, 5.41) is 12.7. The molecule has 0 aromatic heterocycles. The molecule has 0 spiro atoms. The van der Waals surface area contributed by atoms with Crippen molar-refractivity contribution in [1.82, 2.24) is 10.2 Å². The normalized spacial score (nSPS) is 19.2. The van der Waals surface area contributed by atoms with E-state index >= 15 is 0 Å². The van der Waals surface area contributed by atoms with Crippen molar-refractivity contribution in [3.63, 3.8) is 0 Å². The Morgan fingerprint density at radius 3 is 2.06 bits per heavy atom. The Hall–Kier alpha value is -3.35. The lowest BCUT2D eigenvalue weighted by atomic mass is 9.79. The van der Waals surface area contributed by atoms with Gasteiger partial charge in [0.15, 0.2) is 0 Å². The molecule has 0 unspecified atom stereocenters. The molecule has 0 saturated heterocycles. The van der Waals surface area contributed by atoms with E-state index < -0.39 is 23.0 Å². The van der Waals surface area contributed by atoms with Crippen molar-refractivity contribution in [3.8, 4) is 11.1 Å². The monoisotopic (exact) mass is 476 g/mol. The quantitative estimate of drug-likeness (QED) is 0.611. The number of carboxylic acid groups (broad SMARTS) is 1. The van der Waals surface area contributed by atoms with E-state index in [0.717, 1.165) is 41.5 Å². The van der Waals surface area contributed by atoms with Crippen LogP contribution >= 0.6 is 0 Å². The van der Waals surface area contributed by atoms with Crippen LogP contribution < -0.4 is 5.32 Å². The number of carbonyl (C=O) groups is 3. The van der Waals surface area contributed by atoms with Crippen LogP contribution in [0, 0.1) is 5.41 Å². The number of likely N-dealkylation sites (N-methyl/N-ethyl adjacent to an activating group) is 1. The average Bonchev–Trinajstić information content (AvgIpc) is 3.62. The highest BCUT2D eigenvalue weighted by atomic mass is 16.5. The van der Waals surface area contributed by atoms with Gasteiger partial charge in [0.1, 0.15) is 12.1 Å². The maximum Gasteiger partial charge on any atom is 0.407 e. The lowest BCUT2D eigenvalue weighted by Crippen LogP contribution is -2.58. The largest absolute Gasteiger partial charge is 0.479 e. The van der Waals surface area contributed by atoms with Gasteiger partial charge in [-0.15, -0.1) is 0 Å². The van der Waals surface area contributed by atoms with E-state index in [1.54, 1.807) is 7.05 Å². The summed E-state index contributed by atoms with van der Waals surface area (Å²) in [4.78, 5) is 39.6. The van der Waals surface area contributed by atoms with Crippen LogP contribution in [0.15, 0.2) is 48.5 Å². The lowest BCUT2D eigenvalue weighted by Gasteiger charge is -2.42. The topological polar surface area (TPSA) is 95.9 Å². The third kappa shape index (κ3) is 4.07. The second-order valence-corrected chi connectivity index (χ2v) is 10.2. The third-order valence-corrected chi connectivity index (χ3v) is 8.25. The highest BCUT2D eigenvalue weighted by Gasteiger charge is 2.56. The van der Waals surface area contributed by atoms with Crippen molar-refractivity contribution in [1.29, 1.82) is 0 Å². The Morgan fingerprint density at radius 1 is 0.943 bits per heavy atom. The molecule has 0 radical (unpaired) electrons. The predicted molar refractivity (Wildman–Crippen MR) is 131 cm³/mol. The van der Waals surface area contributed by atoms with E-state index in [2.05, 4.69) is 29.6 Å². The van der Waals surface area contributed by atoms with Crippen LogP contribution in [0.2, 0.25) is 0 Å². The Morgan fingerprint density at radius 2 is 1.51 bits per heavy atom. The van der Waals surface area contributed by atoms with Gasteiger partial charge in [0.05, 0.1) is 5.41 Å². The van der Waals surface area contributed by atoms with Gasteiger partial charge in [0.25, 0.3) is 0 Å². The van der Waals surface area contributed by atoms with Gasteiger partial charge >= 0.3 is 12.1 Å². The second kappa shape index (κ2) is 9.02. The first-order valence-electron chi connectivity index (χ1n) is 12.5. The SMILES string of the molecule is CN(C(=O)C1(CNC(=O)OCC2c3ccccc3-c3ccccc32)CC1)C1(C(=O)O)CCCCC1. The zero-order valence-corrected chi connectivity index (χ0v) is 20.1. The molecule has 2 amide bonds. The van der Waals surface area contributed by atoms with Gasteiger partial charge in [0, 0.05) is 19.5 Å².